The first-order chi connectivity index (χ1) is 9.95. The zero-order valence-corrected chi connectivity index (χ0v) is 12.4. The smallest absolute Gasteiger partial charge is 0.374 e. The molecule has 1 aromatic carbocycles. The van der Waals surface area contributed by atoms with Gasteiger partial charge in [0.05, 0.1) is 6.26 Å². The van der Waals surface area contributed by atoms with E-state index < -0.39 is 18.0 Å². The molecule has 1 N–H and O–H groups in total. The lowest BCUT2D eigenvalue weighted by Crippen LogP contribution is -2.29. The molecule has 1 aromatic heterocycles. The number of amides is 1. The molecule has 1 amide bonds. The highest BCUT2D eigenvalue weighted by Gasteiger charge is 2.20. The first-order valence-electron chi connectivity index (χ1n) is 5.97. The van der Waals surface area contributed by atoms with E-state index in [1.165, 1.54) is 31.4 Å². The minimum Gasteiger partial charge on any atom is -0.457 e. The summed E-state index contributed by atoms with van der Waals surface area (Å²) in [4.78, 5) is 23.6. The summed E-state index contributed by atoms with van der Waals surface area (Å²) in [6, 6.07) is 7.61. The van der Waals surface area contributed by atoms with Crippen molar-refractivity contribution in [2.45, 2.75) is 13.0 Å². The lowest BCUT2D eigenvalue weighted by Gasteiger charge is -2.13. The molecule has 0 saturated heterocycles. The van der Waals surface area contributed by atoms with E-state index in [0.29, 0.717) is 15.7 Å². The molecule has 0 unspecified atom stereocenters. The second-order valence-electron chi connectivity index (χ2n) is 4.17. The Morgan fingerprint density at radius 1 is 1.24 bits per heavy atom. The molecule has 5 nitrogen and oxygen atoms in total. The van der Waals surface area contributed by atoms with Crippen LogP contribution < -0.4 is 5.32 Å². The lowest BCUT2D eigenvalue weighted by atomic mass is 10.3. The first kappa shape index (κ1) is 15.4. The fourth-order valence-corrected chi connectivity index (χ4v) is 2.06. The normalized spacial score (nSPS) is 11.8. The van der Waals surface area contributed by atoms with Crippen LogP contribution in [0.5, 0.6) is 0 Å². The monoisotopic (exact) mass is 327 g/mol. The van der Waals surface area contributed by atoms with Gasteiger partial charge in [0.2, 0.25) is 5.76 Å². The average molecular weight is 328 g/mol. The number of halogens is 2. The van der Waals surface area contributed by atoms with E-state index in [2.05, 4.69) is 5.32 Å². The number of esters is 1. The van der Waals surface area contributed by atoms with Crippen LogP contribution in [0.4, 0.5) is 5.69 Å². The number of nitrogens with one attached hydrogen (secondary N) is 1. The van der Waals surface area contributed by atoms with Gasteiger partial charge in [0.25, 0.3) is 5.91 Å². The lowest BCUT2D eigenvalue weighted by molar-refractivity contribution is -0.123. The molecule has 0 bridgehead atoms. The molecule has 0 spiro atoms. The standard InChI is InChI=1S/C14H11Cl2NO4/c1-8(21-14(19)12-3-2-4-20-12)13(18)17-11-6-9(15)5-10(16)7-11/h2-8H,1H3,(H,17,18)/t8-/m0/s1. The van der Waals surface area contributed by atoms with Crippen LogP contribution >= 0.6 is 23.2 Å². The van der Waals surface area contributed by atoms with Crippen molar-refractivity contribution in [1.82, 2.24) is 0 Å². The molecule has 1 heterocycles. The van der Waals surface area contributed by atoms with Crippen molar-refractivity contribution in [2.24, 2.45) is 0 Å². The Bertz CT molecular complexity index is 635. The zero-order valence-electron chi connectivity index (χ0n) is 10.9. The van der Waals surface area contributed by atoms with Crippen molar-refractivity contribution < 1.29 is 18.7 Å². The van der Waals surface area contributed by atoms with Crippen LogP contribution in [-0.4, -0.2) is 18.0 Å². The Balaban J connectivity index is 1.98. The molecular formula is C14H11Cl2NO4. The summed E-state index contributed by atoms with van der Waals surface area (Å²) in [6.07, 6.45) is 0.343. The van der Waals surface area contributed by atoms with E-state index in [9.17, 15) is 9.59 Å². The number of furan rings is 1. The second kappa shape index (κ2) is 6.65. The highest BCUT2D eigenvalue weighted by Crippen LogP contribution is 2.22. The molecular weight excluding hydrogens is 317 g/mol. The molecule has 7 heteroatoms. The van der Waals surface area contributed by atoms with Crippen molar-refractivity contribution in [3.63, 3.8) is 0 Å². The molecule has 0 fully saturated rings. The highest BCUT2D eigenvalue weighted by atomic mass is 35.5. The third kappa shape index (κ3) is 4.24. The van der Waals surface area contributed by atoms with E-state index >= 15 is 0 Å². The van der Waals surface area contributed by atoms with E-state index in [4.69, 9.17) is 32.4 Å². The van der Waals surface area contributed by atoms with Crippen LogP contribution in [0.25, 0.3) is 0 Å². The average Bonchev–Trinajstić information content (AvgIpc) is 2.91. The summed E-state index contributed by atoms with van der Waals surface area (Å²) in [5.74, 6) is -1.19. The van der Waals surface area contributed by atoms with Gasteiger partial charge < -0.3 is 14.5 Å². The van der Waals surface area contributed by atoms with Gasteiger partial charge in [0.1, 0.15) is 0 Å². The number of benzene rings is 1. The topological polar surface area (TPSA) is 68.5 Å². The van der Waals surface area contributed by atoms with E-state index in [1.54, 1.807) is 12.1 Å². The van der Waals surface area contributed by atoms with Crippen LogP contribution in [0.15, 0.2) is 41.0 Å². The van der Waals surface area contributed by atoms with Crippen molar-refractivity contribution in [1.29, 1.82) is 0 Å². The molecule has 1 atom stereocenters. The van der Waals surface area contributed by atoms with Crippen molar-refractivity contribution in [3.05, 3.63) is 52.4 Å². The number of rotatable bonds is 4. The van der Waals surface area contributed by atoms with Gasteiger partial charge in [0.15, 0.2) is 6.10 Å². The minimum absolute atomic E-state index is 0.0282. The number of carbonyl (C=O) groups excluding carboxylic acids is 2. The summed E-state index contributed by atoms with van der Waals surface area (Å²) in [6.45, 7) is 1.45. The predicted molar refractivity (Wildman–Crippen MR) is 78.7 cm³/mol. The molecule has 0 saturated carbocycles. The van der Waals surface area contributed by atoms with Crippen LogP contribution in [0.1, 0.15) is 17.5 Å². The van der Waals surface area contributed by atoms with Crippen LogP contribution in [-0.2, 0) is 9.53 Å². The molecule has 0 radical (unpaired) electrons. The minimum atomic E-state index is -1.000. The van der Waals surface area contributed by atoms with Gasteiger partial charge >= 0.3 is 5.97 Å². The Hall–Kier alpha value is -1.98. The van der Waals surface area contributed by atoms with Crippen LogP contribution in [0, 0.1) is 0 Å². The van der Waals surface area contributed by atoms with Gasteiger partial charge in [-0.1, -0.05) is 23.2 Å². The number of ether oxygens (including phenoxy) is 1. The summed E-state index contributed by atoms with van der Waals surface area (Å²) in [7, 11) is 0. The fourth-order valence-electron chi connectivity index (χ4n) is 1.54. The largest absolute Gasteiger partial charge is 0.457 e. The Morgan fingerprint density at radius 2 is 1.90 bits per heavy atom. The third-order valence-corrected chi connectivity index (χ3v) is 2.94. The molecule has 21 heavy (non-hydrogen) atoms. The highest BCUT2D eigenvalue weighted by molar-refractivity contribution is 6.35. The van der Waals surface area contributed by atoms with Crippen LogP contribution in [0.3, 0.4) is 0 Å². The van der Waals surface area contributed by atoms with E-state index in [0.717, 1.165) is 0 Å². The maximum atomic E-state index is 11.9. The molecule has 110 valence electrons. The van der Waals surface area contributed by atoms with Gasteiger partial charge in [-0.25, -0.2) is 4.79 Å². The summed E-state index contributed by atoms with van der Waals surface area (Å²) >= 11 is 11.7. The zero-order chi connectivity index (χ0) is 15.4. The molecule has 2 aromatic rings. The van der Waals surface area contributed by atoms with Crippen molar-refractivity contribution in [2.75, 3.05) is 5.32 Å². The Labute approximate surface area is 130 Å². The van der Waals surface area contributed by atoms with Gasteiger partial charge in [-0.05, 0) is 37.3 Å². The van der Waals surface area contributed by atoms with E-state index in [-0.39, 0.29) is 5.76 Å². The quantitative estimate of drug-likeness (QED) is 0.868. The third-order valence-electron chi connectivity index (χ3n) is 2.51. The van der Waals surface area contributed by atoms with Gasteiger partial charge in [0, 0.05) is 15.7 Å². The second-order valence-corrected chi connectivity index (χ2v) is 5.05. The number of anilines is 1. The summed E-state index contributed by atoms with van der Waals surface area (Å²) < 4.78 is 9.86. The summed E-state index contributed by atoms with van der Waals surface area (Å²) in [5, 5.41) is 3.33. The maximum absolute atomic E-state index is 11.9. The number of hydrogen-bond donors (Lipinski definition) is 1. The van der Waals surface area contributed by atoms with Gasteiger partial charge in [-0.3, -0.25) is 4.79 Å². The number of carbonyl (C=O) groups is 2. The first-order valence-corrected chi connectivity index (χ1v) is 6.73. The molecule has 0 aliphatic heterocycles. The molecule has 2 rings (SSSR count). The van der Waals surface area contributed by atoms with Gasteiger partial charge in [-0.2, -0.15) is 0 Å². The number of hydrogen-bond acceptors (Lipinski definition) is 4. The molecule has 0 aliphatic rings. The molecule has 0 aliphatic carbocycles. The van der Waals surface area contributed by atoms with Crippen molar-refractivity contribution in [3.8, 4) is 0 Å². The van der Waals surface area contributed by atoms with Gasteiger partial charge in [-0.15, -0.1) is 0 Å². The SMILES string of the molecule is C[C@H](OC(=O)c1ccco1)C(=O)Nc1cc(Cl)cc(Cl)c1. The van der Waals surface area contributed by atoms with Crippen LogP contribution in [0.2, 0.25) is 10.0 Å². The summed E-state index contributed by atoms with van der Waals surface area (Å²) in [5.41, 5.74) is 0.415. The van der Waals surface area contributed by atoms with E-state index in [1.807, 2.05) is 0 Å². The predicted octanol–water partition coefficient (Wildman–Crippen LogP) is 3.77. The Kier molecular flexibility index (Phi) is 4.88. The fraction of sp³-hybridized carbons (Fsp3) is 0.143. The Morgan fingerprint density at radius 3 is 2.48 bits per heavy atom. The maximum Gasteiger partial charge on any atom is 0.374 e. The van der Waals surface area contributed by atoms with Crippen molar-refractivity contribution >= 4 is 40.8 Å².